The van der Waals surface area contributed by atoms with E-state index in [-0.39, 0.29) is 23.3 Å². The number of sulfonamides is 1. The fourth-order valence-electron chi connectivity index (χ4n) is 6.88. The van der Waals surface area contributed by atoms with Crippen molar-refractivity contribution < 1.29 is 13.2 Å². The number of nitrogens with zero attached hydrogens (tertiary/aromatic N) is 5. The Labute approximate surface area is 247 Å². The van der Waals surface area contributed by atoms with Gasteiger partial charge in [0, 0.05) is 59.6 Å². The summed E-state index contributed by atoms with van der Waals surface area (Å²) in [6.07, 6.45) is 9.15. The molecule has 4 atom stereocenters. The number of anilines is 2. The largest absolute Gasteiger partial charge is 0.356 e. The van der Waals surface area contributed by atoms with Crippen LogP contribution < -0.4 is 9.62 Å². The number of benzene rings is 1. The summed E-state index contributed by atoms with van der Waals surface area (Å²) in [6.45, 7) is 2.05. The Bertz CT molecular complexity index is 1570. The number of nitrogens with one attached hydrogen (secondary N) is 1. The molecule has 41 heavy (non-hydrogen) atoms. The lowest BCUT2D eigenvalue weighted by atomic mass is 9.74. The Kier molecular flexibility index (Phi) is 7.76. The van der Waals surface area contributed by atoms with Crippen molar-refractivity contribution in [1.29, 1.82) is 0 Å². The summed E-state index contributed by atoms with van der Waals surface area (Å²) in [6, 6.07) is 9.61. The molecule has 3 heterocycles. The summed E-state index contributed by atoms with van der Waals surface area (Å²) in [7, 11) is 0.746. The number of hydrogen-bond acceptors (Lipinski definition) is 7. The molecule has 0 radical (unpaired) electrons. The van der Waals surface area contributed by atoms with Gasteiger partial charge in [0.25, 0.3) is 0 Å². The van der Waals surface area contributed by atoms with Crippen LogP contribution in [0.5, 0.6) is 0 Å². The standard InChI is InChI=1S/C30H39ClN6O3S/c1-35(2)21-11-9-19(15-21)27-18-28(36-13-6-14-36)32-29-17-26(33-37(27)29)22-7-4-5-8-23(22)30(38)24-16-20(31)10-12-25(24)34-41(3,39)40/h10,12,16-19,21-23,34H,4-9,11,13-15H2,1-3H3/t19?,21-,22-,23?/m1/s1. The fraction of sp³-hybridized carbons (Fsp3) is 0.567. The van der Waals surface area contributed by atoms with E-state index in [4.69, 9.17) is 21.7 Å². The van der Waals surface area contributed by atoms with Crippen LogP contribution in [0.15, 0.2) is 30.3 Å². The second kappa shape index (κ2) is 11.2. The molecule has 0 bridgehead atoms. The number of carbonyl (C=O) groups excluding carboxylic acids is 1. The Morgan fingerprint density at radius 3 is 2.51 bits per heavy atom. The average Bonchev–Trinajstić information content (AvgIpc) is 3.55. The third-order valence-electron chi connectivity index (χ3n) is 9.22. The highest BCUT2D eigenvalue weighted by atomic mass is 35.5. The van der Waals surface area contributed by atoms with E-state index < -0.39 is 10.0 Å². The third-order valence-corrected chi connectivity index (χ3v) is 10.0. The van der Waals surface area contributed by atoms with Gasteiger partial charge in [-0.05, 0) is 70.8 Å². The molecule has 2 unspecified atom stereocenters. The number of aromatic nitrogens is 3. The molecule has 1 aliphatic heterocycles. The SMILES string of the molecule is CN(C)[C@@H]1CCC(c2cc(N3CCC3)nc3cc([C@@H]4CCCCC4C(=O)c4cc(Cl)ccc4NS(C)(=O)=O)nn23)C1. The minimum atomic E-state index is -3.57. The summed E-state index contributed by atoms with van der Waals surface area (Å²) < 4.78 is 28.6. The van der Waals surface area contributed by atoms with Gasteiger partial charge in [-0.3, -0.25) is 9.52 Å². The highest BCUT2D eigenvalue weighted by Gasteiger charge is 2.37. The van der Waals surface area contributed by atoms with Crippen LogP contribution in [0.3, 0.4) is 0 Å². The Balaban J connectivity index is 1.38. The molecule has 3 aliphatic rings. The zero-order valence-electron chi connectivity index (χ0n) is 24.0. The molecule has 0 amide bonds. The van der Waals surface area contributed by atoms with Crippen molar-refractivity contribution in [2.75, 3.05) is 43.1 Å². The van der Waals surface area contributed by atoms with Crippen LogP contribution in [0.1, 0.15) is 84.9 Å². The van der Waals surface area contributed by atoms with Gasteiger partial charge in [0.05, 0.1) is 23.3 Å². The van der Waals surface area contributed by atoms with Crippen LogP contribution in [0, 0.1) is 5.92 Å². The zero-order valence-corrected chi connectivity index (χ0v) is 25.6. The van der Waals surface area contributed by atoms with Crippen molar-refractivity contribution in [3.05, 3.63) is 52.3 Å². The molecular weight excluding hydrogens is 560 g/mol. The fourth-order valence-corrected chi connectivity index (χ4v) is 7.63. The maximum atomic E-state index is 14.1. The minimum Gasteiger partial charge on any atom is -0.356 e. The number of hydrogen-bond donors (Lipinski definition) is 1. The Morgan fingerprint density at radius 1 is 1.05 bits per heavy atom. The second-order valence-electron chi connectivity index (χ2n) is 12.3. The van der Waals surface area contributed by atoms with E-state index in [1.807, 2.05) is 4.52 Å². The molecule has 3 aromatic rings. The number of rotatable bonds is 8. The normalized spacial score (nSPS) is 25.0. The van der Waals surface area contributed by atoms with E-state index in [9.17, 15) is 13.2 Å². The first-order chi connectivity index (χ1) is 19.6. The molecule has 11 heteroatoms. The van der Waals surface area contributed by atoms with Gasteiger partial charge in [-0.2, -0.15) is 5.10 Å². The third kappa shape index (κ3) is 5.83. The number of carbonyl (C=O) groups is 1. The van der Waals surface area contributed by atoms with Crippen molar-refractivity contribution in [3.63, 3.8) is 0 Å². The van der Waals surface area contributed by atoms with Gasteiger partial charge >= 0.3 is 0 Å². The Morgan fingerprint density at radius 2 is 1.83 bits per heavy atom. The van der Waals surface area contributed by atoms with E-state index in [1.165, 1.54) is 12.1 Å². The number of Topliss-reactive ketones (excluding diaryl/α,β-unsaturated/α-hetero) is 1. The molecule has 1 saturated heterocycles. The molecule has 1 N–H and O–H groups in total. The molecule has 2 aliphatic carbocycles. The van der Waals surface area contributed by atoms with Crippen LogP contribution >= 0.6 is 11.6 Å². The second-order valence-corrected chi connectivity index (χ2v) is 14.5. The first-order valence-corrected chi connectivity index (χ1v) is 17.0. The summed E-state index contributed by atoms with van der Waals surface area (Å²) in [4.78, 5) is 23.8. The van der Waals surface area contributed by atoms with Crippen LogP contribution in [0.4, 0.5) is 11.5 Å². The average molecular weight is 599 g/mol. The predicted octanol–water partition coefficient (Wildman–Crippen LogP) is 5.32. The highest BCUT2D eigenvalue weighted by Crippen LogP contribution is 2.42. The molecule has 3 fully saturated rings. The highest BCUT2D eigenvalue weighted by molar-refractivity contribution is 7.92. The van der Waals surface area contributed by atoms with Gasteiger partial charge in [-0.1, -0.05) is 24.4 Å². The van der Waals surface area contributed by atoms with Crippen LogP contribution in [0.25, 0.3) is 5.65 Å². The van der Waals surface area contributed by atoms with Crippen LogP contribution in [-0.2, 0) is 10.0 Å². The molecular formula is C30H39ClN6O3S. The quantitative estimate of drug-likeness (QED) is 0.350. The lowest BCUT2D eigenvalue weighted by Gasteiger charge is -2.32. The van der Waals surface area contributed by atoms with E-state index in [0.29, 0.717) is 29.0 Å². The lowest BCUT2D eigenvalue weighted by Crippen LogP contribution is -2.37. The molecule has 0 spiro atoms. The molecule has 6 rings (SSSR count). The number of fused-ring (bicyclic) bond motifs is 1. The van der Waals surface area contributed by atoms with Gasteiger partial charge in [-0.15, -0.1) is 0 Å². The summed E-state index contributed by atoms with van der Waals surface area (Å²) >= 11 is 6.28. The predicted molar refractivity (Wildman–Crippen MR) is 163 cm³/mol. The van der Waals surface area contributed by atoms with E-state index in [1.54, 1.807) is 18.2 Å². The van der Waals surface area contributed by atoms with E-state index in [0.717, 1.165) is 75.0 Å². The maximum Gasteiger partial charge on any atom is 0.229 e. The van der Waals surface area contributed by atoms with Gasteiger partial charge in [0.15, 0.2) is 11.4 Å². The van der Waals surface area contributed by atoms with E-state index in [2.05, 4.69) is 40.7 Å². The van der Waals surface area contributed by atoms with Gasteiger partial charge in [0.2, 0.25) is 10.0 Å². The minimum absolute atomic E-state index is 0.0820. The molecule has 1 aromatic carbocycles. The maximum absolute atomic E-state index is 14.1. The zero-order chi connectivity index (χ0) is 28.9. The van der Waals surface area contributed by atoms with Crippen LogP contribution in [0.2, 0.25) is 5.02 Å². The topological polar surface area (TPSA) is 99.9 Å². The molecule has 2 saturated carbocycles. The first-order valence-electron chi connectivity index (χ1n) is 14.7. The number of halogens is 1. The van der Waals surface area contributed by atoms with Crippen molar-refractivity contribution >= 4 is 44.6 Å². The molecule has 2 aromatic heterocycles. The number of ketones is 1. The monoisotopic (exact) mass is 598 g/mol. The van der Waals surface area contributed by atoms with E-state index >= 15 is 0 Å². The smallest absolute Gasteiger partial charge is 0.229 e. The lowest BCUT2D eigenvalue weighted by molar-refractivity contribution is 0.0867. The molecule has 220 valence electrons. The van der Waals surface area contributed by atoms with Gasteiger partial charge in [-0.25, -0.2) is 17.9 Å². The van der Waals surface area contributed by atoms with Gasteiger partial charge < -0.3 is 9.80 Å². The molecule has 9 nitrogen and oxygen atoms in total. The van der Waals surface area contributed by atoms with Crippen molar-refractivity contribution in [1.82, 2.24) is 19.5 Å². The van der Waals surface area contributed by atoms with Crippen molar-refractivity contribution in [2.24, 2.45) is 5.92 Å². The first kappa shape index (κ1) is 28.4. The van der Waals surface area contributed by atoms with Crippen molar-refractivity contribution in [2.45, 2.75) is 69.2 Å². The summed E-state index contributed by atoms with van der Waals surface area (Å²) in [5.41, 5.74) is 3.51. The van der Waals surface area contributed by atoms with Crippen LogP contribution in [-0.4, -0.2) is 73.2 Å². The van der Waals surface area contributed by atoms with Crippen molar-refractivity contribution in [3.8, 4) is 0 Å². The Hall–Kier alpha value is -2.69. The summed E-state index contributed by atoms with van der Waals surface area (Å²) in [5.74, 6) is 0.918. The van der Waals surface area contributed by atoms with Gasteiger partial charge in [0.1, 0.15) is 5.82 Å². The summed E-state index contributed by atoms with van der Waals surface area (Å²) in [5, 5.41) is 5.55.